The Balaban J connectivity index is 1.68. The highest BCUT2D eigenvalue weighted by atomic mass is 32.2. The van der Waals surface area contributed by atoms with E-state index in [1.165, 1.54) is 12.2 Å². The summed E-state index contributed by atoms with van der Waals surface area (Å²) >= 11 is 1.88. The number of nitrogens with zero attached hydrogens (tertiary/aromatic N) is 2. The van der Waals surface area contributed by atoms with E-state index >= 15 is 0 Å². The molecule has 1 saturated heterocycles. The van der Waals surface area contributed by atoms with Crippen LogP contribution < -0.4 is 0 Å². The van der Waals surface area contributed by atoms with Crippen molar-refractivity contribution in [1.29, 1.82) is 0 Å². The van der Waals surface area contributed by atoms with Crippen LogP contribution in [0.1, 0.15) is 55.0 Å². The molecule has 1 N–H and O–H groups in total. The minimum atomic E-state index is -0.705. The van der Waals surface area contributed by atoms with Crippen molar-refractivity contribution in [2.45, 2.75) is 43.3 Å². The Kier molecular flexibility index (Phi) is 3.28. The van der Waals surface area contributed by atoms with E-state index < -0.39 is 5.97 Å². The average molecular weight is 268 g/mol. The van der Waals surface area contributed by atoms with Gasteiger partial charge in [-0.15, -0.1) is 0 Å². The van der Waals surface area contributed by atoms with Gasteiger partial charge in [0, 0.05) is 5.92 Å². The molecule has 3 unspecified atom stereocenters. The number of rotatable bonds is 3. The van der Waals surface area contributed by atoms with Crippen LogP contribution in [-0.4, -0.2) is 27.0 Å². The number of carboxylic acid groups (broad SMARTS) is 1. The third-order valence-electron chi connectivity index (χ3n) is 3.81. The van der Waals surface area contributed by atoms with E-state index in [4.69, 9.17) is 9.63 Å². The number of hydrogen-bond donors (Lipinski definition) is 1. The van der Waals surface area contributed by atoms with Crippen molar-refractivity contribution < 1.29 is 14.4 Å². The maximum atomic E-state index is 10.9. The fraction of sp³-hybridized carbons (Fsp3) is 0.750. The molecule has 2 aliphatic rings. The smallest absolute Gasteiger partial charge is 0.306 e. The number of carbonyl (C=O) groups is 1. The van der Waals surface area contributed by atoms with Crippen LogP contribution in [0.25, 0.3) is 0 Å². The molecule has 2 heterocycles. The molecule has 5 nitrogen and oxygen atoms in total. The minimum absolute atomic E-state index is 0.138. The van der Waals surface area contributed by atoms with Gasteiger partial charge in [-0.25, -0.2) is 0 Å². The first-order valence-electron chi connectivity index (χ1n) is 6.42. The van der Waals surface area contributed by atoms with Crippen LogP contribution in [0.4, 0.5) is 0 Å². The highest BCUT2D eigenvalue weighted by Crippen LogP contribution is 2.41. The van der Waals surface area contributed by atoms with E-state index in [1.54, 1.807) is 0 Å². The standard InChI is InChI=1S/C12H16N2O3S/c15-12(16)8-4-3-7(6-8)11-13-10(14-17-11)9-2-1-5-18-9/h7-9H,1-6H2,(H,15,16). The first-order chi connectivity index (χ1) is 8.74. The van der Waals surface area contributed by atoms with Crippen LogP contribution >= 0.6 is 11.8 Å². The van der Waals surface area contributed by atoms with E-state index in [0.717, 1.165) is 25.1 Å². The van der Waals surface area contributed by atoms with Crippen LogP contribution in [0.15, 0.2) is 4.52 Å². The third kappa shape index (κ3) is 2.25. The summed E-state index contributed by atoms with van der Waals surface area (Å²) in [5.74, 6) is 1.79. The zero-order chi connectivity index (χ0) is 12.5. The fourth-order valence-corrected chi connectivity index (χ4v) is 3.95. The van der Waals surface area contributed by atoms with Crippen molar-refractivity contribution in [1.82, 2.24) is 10.1 Å². The van der Waals surface area contributed by atoms with Gasteiger partial charge in [-0.1, -0.05) is 5.16 Å². The second kappa shape index (κ2) is 4.91. The molecule has 0 radical (unpaired) electrons. The predicted molar refractivity (Wildman–Crippen MR) is 66.4 cm³/mol. The van der Waals surface area contributed by atoms with Crippen molar-refractivity contribution in [3.63, 3.8) is 0 Å². The summed E-state index contributed by atoms with van der Waals surface area (Å²) < 4.78 is 5.32. The summed E-state index contributed by atoms with van der Waals surface area (Å²) in [7, 11) is 0. The molecule has 18 heavy (non-hydrogen) atoms. The lowest BCUT2D eigenvalue weighted by atomic mass is 10.1. The lowest BCUT2D eigenvalue weighted by Gasteiger charge is -2.03. The van der Waals surface area contributed by atoms with Crippen LogP contribution in [0.3, 0.4) is 0 Å². The highest BCUT2D eigenvalue weighted by molar-refractivity contribution is 7.99. The first kappa shape index (κ1) is 12.0. The molecule has 3 rings (SSSR count). The molecule has 2 fully saturated rings. The zero-order valence-corrected chi connectivity index (χ0v) is 10.9. The number of hydrogen-bond acceptors (Lipinski definition) is 5. The maximum absolute atomic E-state index is 10.9. The molecular formula is C12H16N2O3S. The van der Waals surface area contributed by atoms with Crippen molar-refractivity contribution in [2.24, 2.45) is 5.92 Å². The average Bonchev–Trinajstić information content (AvgIpc) is 3.10. The molecule has 3 atom stereocenters. The summed E-state index contributed by atoms with van der Waals surface area (Å²) in [6, 6.07) is 0. The van der Waals surface area contributed by atoms with Gasteiger partial charge in [0.1, 0.15) is 0 Å². The third-order valence-corrected chi connectivity index (χ3v) is 5.18. The summed E-state index contributed by atoms with van der Waals surface area (Å²) in [5.41, 5.74) is 0. The van der Waals surface area contributed by atoms with Crippen LogP contribution in [-0.2, 0) is 4.79 Å². The number of carboxylic acids is 1. The lowest BCUT2D eigenvalue weighted by molar-refractivity contribution is -0.141. The van der Waals surface area contributed by atoms with Gasteiger partial charge in [0.15, 0.2) is 5.82 Å². The molecule has 0 aromatic carbocycles. The highest BCUT2D eigenvalue weighted by Gasteiger charge is 2.34. The Morgan fingerprint density at radius 3 is 2.94 bits per heavy atom. The molecule has 1 aliphatic carbocycles. The molecule has 1 aromatic heterocycles. The van der Waals surface area contributed by atoms with Gasteiger partial charge in [0.25, 0.3) is 0 Å². The molecule has 0 spiro atoms. The molecule has 98 valence electrons. The lowest BCUT2D eigenvalue weighted by Crippen LogP contribution is -2.09. The van der Waals surface area contributed by atoms with E-state index in [2.05, 4.69) is 10.1 Å². The Labute approximate surface area is 109 Å². The fourth-order valence-electron chi connectivity index (χ4n) is 2.76. The first-order valence-corrected chi connectivity index (χ1v) is 7.47. The van der Waals surface area contributed by atoms with Crippen LogP contribution in [0.5, 0.6) is 0 Å². The van der Waals surface area contributed by atoms with Gasteiger partial charge in [-0.3, -0.25) is 4.79 Å². The quantitative estimate of drug-likeness (QED) is 0.908. The van der Waals surface area contributed by atoms with E-state index in [1.807, 2.05) is 11.8 Å². The number of aromatic nitrogens is 2. The molecule has 1 aliphatic heterocycles. The van der Waals surface area contributed by atoms with Crippen LogP contribution in [0.2, 0.25) is 0 Å². The predicted octanol–water partition coefficient (Wildman–Crippen LogP) is 2.61. The monoisotopic (exact) mass is 268 g/mol. The second-order valence-electron chi connectivity index (χ2n) is 5.04. The zero-order valence-electron chi connectivity index (χ0n) is 10.0. The van der Waals surface area contributed by atoms with Gasteiger partial charge in [-0.2, -0.15) is 16.7 Å². The van der Waals surface area contributed by atoms with Crippen molar-refractivity contribution >= 4 is 17.7 Å². The molecular weight excluding hydrogens is 252 g/mol. The number of thioether (sulfide) groups is 1. The molecule has 0 amide bonds. The topological polar surface area (TPSA) is 76.2 Å². The van der Waals surface area contributed by atoms with E-state index in [-0.39, 0.29) is 11.8 Å². The molecule has 0 bridgehead atoms. The Morgan fingerprint density at radius 1 is 1.39 bits per heavy atom. The van der Waals surface area contributed by atoms with Crippen molar-refractivity contribution in [2.75, 3.05) is 5.75 Å². The summed E-state index contributed by atoms with van der Waals surface area (Å²) in [4.78, 5) is 15.4. The Bertz CT molecular complexity index is 442. The molecule has 1 aromatic rings. The summed E-state index contributed by atoms with van der Waals surface area (Å²) in [5, 5.41) is 13.4. The van der Waals surface area contributed by atoms with Crippen molar-refractivity contribution in [3.8, 4) is 0 Å². The maximum Gasteiger partial charge on any atom is 0.306 e. The number of aliphatic carboxylic acids is 1. The Hall–Kier alpha value is -1.04. The molecule has 6 heteroatoms. The minimum Gasteiger partial charge on any atom is -0.481 e. The largest absolute Gasteiger partial charge is 0.481 e. The second-order valence-corrected chi connectivity index (χ2v) is 6.35. The van der Waals surface area contributed by atoms with E-state index in [0.29, 0.717) is 17.6 Å². The Morgan fingerprint density at radius 2 is 2.28 bits per heavy atom. The van der Waals surface area contributed by atoms with Crippen molar-refractivity contribution in [3.05, 3.63) is 11.7 Å². The van der Waals surface area contributed by atoms with Gasteiger partial charge >= 0.3 is 5.97 Å². The van der Waals surface area contributed by atoms with E-state index in [9.17, 15) is 4.79 Å². The molecule has 1 saturated carbocycles. The van der Waals surface area contributed by atoms with Gasteiger partial charge in [-0.05, 0) is 37.9 Å². The van der Waals surface area contributed by atoms with Crippen LogP contribution in [0, 0.1) is 5.92 Å². The summed E-state index contributed by atoms with van der Waals surface area (Å²) in [6.07, 6.45) is 4.52. The SMILES string of the molecule is O=C(O)C1CCC(c2nc(C3CCCS3)no2)C1. The normalized spacial score (nSPS) is 31.9. The van der Waals surface area contributed by atoms with Gasteiger partial charge in [0.2, 0.25) is 5.89 Å². The van der Waals surface area contributed by atoms with Gasteiger partial charge in [0.05, 0.1) is 11.2 Å². The van der Waals surface area contributed by atoms with Gasteiger partial charge < -0.3 is 9.63 Å². The summed E-state index contributed by atoms with van der Waals surface area (Å²) in [6.45, 7) is 0.